The Balaban J connectivity index is 1.82. The van der Waals surface area contributed by atoms with Crippen LogP contribution in [0.3, 0.4) is 0 Å². The van der Waals surface area contributed by atoms with Crippen LogP contribution in [0.5, 0.6) is 0 Å². The number of rotatable bonds is 2. The van der Waals surface area contributed by atoms with Crippen LogP contribution in [0.25, 0.3) is 0 Å². The van der Waals surface area contributed by atoms with Gasteiger partial charge in [-0.05, 0) is 62.6 Å². The Kier molecular flexibility index (Phi) is 3.60. The van der Waals surface area contributed by atoms with E-state index in [2.05, 4.69) is 15.6 Å². The fourth-order valence-electron chi connectivity index (χ4n) is 2.63. The summed E-state index contributed by atoms with van der Waals surface area (Å²) < 4.78 is 0. The highest BCUT2D eigenvalue weighted by Gasteiger charge is 2.13. The van der Waals surface area contributed by atoms with Crippen LogP contribution in [0.15, 0.2) is 30.3 Å². The van der Waals surface area contributed by atoms with Gasteiger partial charge < -0.3 is 10.6 Å². The minimum Gasteiger partial charge on any atom is -0.385 e. The number of amides is 1. The van der Waals surface area contributed by atoms with Crippen LogP contribution in [0, 0.1) is 13.8 Å². The molecule has 21 heavy (non-hydrogen) atoms. The molecule has 0 atom stereocenters. The highest BCUT2D eigenvalue weighted by molar-refractivity contribution is 6.04. The average molecular weight is 281 g/mol. The summed E-state index contributed by atoms with van der Waals surface area (Å²) in [6, 6.07) is 9.63. The van der Waals surface area contributed by atoms with Gasteiger partial charge in [0.2, 0.25) is 0 Å². The molecule has 2 aromatic rings. The number of aromatic nitrogens is 1. The highest BCUT2D eigenvalue weighted by Crippen LogP contribution is 2.23. The molecule has 1 aromatic heterocycles. The lowest BCUT2D eigenvalue weighted by molar-refractivity contribution is 0.102. The lowest BCUT2D eigenvalue weighted by Crippen LogP contribution is -2.16. The van der Waals surface area contributed by atoms with Crippen LogP contribution < -0.4 is 10.6 Å². The Labute approximate surface area is 124 Å². The van der Waals surface area contributed by atoms with Gasteiger partial charge in [0.1, 0.15) is 0 Å². The van der Waals surface area contributed by atoms with Gasteiger partial charge in [-0.3, -0.25) is 9.78 Å². The number of aryl methyl sites for hydroxylation is 3. The second-order valence-corrected chi connectivity index (χ2v) is 5.44. The van der Waals surface area contributed by atoms with Crippen molar-refractivity contribution in [2.24, 2.45) is 0 Å². The van der Waals surface area contributed by atoms with E-state index in [0.717, 1.165) is 42.1 Å². The fourth-order valence-corrected chi connectivity index (χ4v) is 2.63. The molecule has 1 aromatic carbocycles. The molecule has 0 saturated carbocycles. The molecule has 0 unspecified atom stereocenters. The van der Waals surface area contributed by atoms with E-state index in [4.69, 9.17) is 0 Å². The molecule has 0 fully saturated rings. The van der Waals surface area contributed by atoms with Crippen LogP contribution in [-0.2, 0) is 6.42 Å². The first kappa shape index (κ1) is 13.6. The number of benzene rings is 1. The van der Waals surface area contributed by atoms with Gasteiger partial charge in [-0.2, -0.15) is 0 Å². The third-order valence-electron chi connectivity index (χ3n) is 3.78. The van der Waals surface area contributed by atoms with Gasteiger partial charge in [0, 0.05) is 23.5 Å². The van der Waals surface area contributed by atoms with E-state index >= 15 is 0 Å². The second kappa shape index (κ2) is 5.56. The van der Waals surface area contributed by atoms with Crippen molar-refractivity contribution in [3.05, 3.63) is 52.8 Å². The van der Waals surface area contributed by atoms with Crippen LogP contribution >= 0.6 is 0 Å². The fraction of sp³-hybridized carbons (Fsp3) is 0.294. The van der Waals surface area contributed by atoms with Crippen molar-refractivity contribution in [1.82, 2.24) is 4.98 Å². The molecule has 0 radical (unpaired) electrons. The Bertz CT molecular complexity index is 694. The summed E-state index contributed by atoms with van der Waals surface area (Å²) in [7, 11) is 0. The molecule has 0 saturated heterocycles. The zero-order valence-corrected chi connectivity index (χ0v) is 12.4. The van der Waals surface area contributed by atoms with Crippen molar-refractivity contribution in [2.75, 3.05) is 17.2 Å². The molecule has 1 aliphatic rings. The number of carbonyl (C=O) groups is 1. The van der Waals surface area contributed by atoms with Gasteiger partial charge in [0.05, 0.1) is 11.4 Å². The normalized spacial score (nSPS) is 13.2. The number of hydrogen-bond acceptors (Lipinski definition) is 3. The maximum atomic E-state index is 12.4. The summed E-state index contributed by atoms with van der Waals surface area (Å²) in [5.74, 6) is -0.0860. The molecule has 108 valence electrons. The van der Waals surface area contributed by atoms with Gasteiger partial charge in [-0.1, -0.05) is 0 Å². The zero-order chi connectivity index (χ0) is 14.8. The van der Waals surface area contributed by atoms with Crippen molar-refractivity contribution >= 4 is 17.3 Å². The highest BCUT2D eigenvalue weighted by atomic mass is 16.1. The molecular weight excluding hydrogens is 262 g/mol. The first-order valence-electron chi connectivity index (χ1n) is 7.26. The van der Waals surface area contributed by atoms with Crippen molar-refractivity contribution in [3.8, 4) is 0 Å². The summed E-state index contributed by atoms with van der Waals surface area (Å²) in [5.41, 5.74) is 5.60. The third kappa shape index (κ3) is 2.89. The lowest BCUT2D eigenvalue weighted by Gasteiger charge is -2.18. The Morgan fingerprint density at radius 3 is 2.90 bits per heavy atom. The van der Waals surface area contributed by atoms with Crippen LogP contribution in [-0.4, -0.2) is 17.4 Å². The Morgan fingerprint density at radius 2 is 2.10 bits per heavy atom. The monoisotopic (exact) mass is 281 g/mol. The first-order chi connectivity index (χ1) is 10.1. The molecule has 2 heterocycles. The predicted molar refractivity (Wildman–Crippen MR) is 84.9 cm³/mol. The standard InChI is InChI=1S/C17H19N3O/c1-11-5-7-15(12(2)19-11)20-17(21)14-6-8-16-13(10-14)4-3-9-18-16/h5-8,10,18H,3-4,9H2,1-2H3,(H,20,21). The molecule has 4 heteroatoms. The Morgan fingerprint density at radius 1 is 1.24 bits per heavy atom. The van der Waals surface area contributed by atoms with Crippen molar-refractivity contribution in [2.45, 2.75) is 26.7 Å². The maximum absolute atomic E-state index is 12.4. The van der Waals surface area contributed by atoms with Gasteiger partial charge in [0.15, 0.2) is 0 Å². The molecule has 3 rings (SSSR count). The quantitative estimate of drug-likeness (QED) is 0.888. The van der Waals surface area contributed by atoms with Crippen molar-refractivity contribution in [1.29, 1.82) is 0 Å². The molecule has 0 bridgehead atoms. The Hall–Kier alpha value is -2.36. The first-order valence-corrected chi connectivity index (χ1v) is 7.26. The topological polar surface area (TPSA) is 54.0 Å². The van der Waals surface area contributed by atoms with E-state index in [0.29, 0.717) is 5.56 Å². The van der Waals surface area contributed by atoms with E-state index in [9.17, 15) is 4.79 Å². The number of hydrogen-bond donors (Lipinski definition) is 2. The number of nitrogens with zero attached hydrogens (tertiary/aromatic N) is 1. The number of fused-ring (bicyclic) bond motifs is 1. The molecule has 1 amide bonds. The second-order valence-electron chi connectivity index (χ2n) is 5.44. The molecule has 0 aliphatic carbocycles. The van der Waals surface area contributed by atoms with Crippen molar-refractivity contribution < 1.29 is 4.79 Å². The zero-order valence-electron chi connectivity index (χ0n) is 12.4. The van der Waals surface area contributed by atoms with E-state index < -0.39 is 0 Å². The average Bonchev–Trinajstić information content (AvgIpc) is 2.49. The summed E-state index contributed by atoms with van der Waals surface area (Å²) in [5, 5.41) is 6.29. The minimum atomic E-state index is -0.0860. The molecular formula is C17H19N3O. The van der Waals surface area contributed by atoms with E-state index in [-0.39, 0.29) is 5.91 Å². The predicted octanol–water partition coefficient (Wildman–Crippen LogP) is 3.31. The number of carbonyl (C=O) groups excluding carboxylic acids is 1. The van der Waals surface area contributed by atoms with Gasteiger partial charge in [0.25, 0.3) is 5.91 Å². The number of anilines is 2. The van der Waals surface area contributed by atoms with Gasteiger partial charge in [-0.25, -0.2) is 0 Å². The van der Waals surface area contributed by atoms with Crippen LogP contribution in [0.1, 0.15) is 33.7 Å². The smallest absolute Gasteiger partial charge is 0.255 e. The van der Waals surface area contributed by atoms with Gasteiger partial charge in [-0.15, -0.1) is 0 Å². The molecule has 2 N–H and O–H groups in total. The summed E-state index contributed by atoms with van der Waals surface area (Å²) in [6.45, 7) is 4.85. The minimum absolute atomic E-state index is 0.0860. The molecule has 0 spiro atoms. The summed E-state index contributed by atoms with van der Waals surface area (Å²) in [4.78, 5) is 16.7. The largest absolute Gasteiger partial charge is 0.385 e. The number of nitrogens with one attached hydrogen (secondary N) is 2. The van der Waals surface area contributed by atoms with E-state index in [1.807, 2.05) is 44.2 Å². The van der Waals surface area contributed by atoms with E-state index in [1.165, 1.54) is 5.56 Å². The third-order valence-corrected chi connectivity index (χ3v) is 3.78. The van der Waals surface area contributed by atoms with E-state index in [1.54, 1.807) is 0 Å². The molecule has 1 aliphatic heterocycles. The van der Waals surface area contributed by atoms with Crippen LogP contribution in [0.4, 0.5) is 11.4 Å². The SMILES string of the molecule is Cc1ccc(NC(=O)c2ccc3c(c2)CCCN3)c(C)n1. The maximum Gasteiger partial charge on any atom is 0.255 e. The summed E-state index contributed by atoms with van der Waals surface area (Å²) in [6.07, 6.45) is 2.13. The van der Waals surface area contributed by atoms with Crippen LogP contribution in [0.2, 0.25) is 0 Å². The van der Waals surface area contributed by atoms with Gasteiger partial charge >= 0.3 is 0 Å². The molecule has 4 nitrogen and oxygen atoms in total. The number of pyridine rings is 1. The lowest BCUT2D eigenvalue weighted by atomic mass is 10.0. The summed E-state index contributed by atoms with van der Waals surface area (Å²) >= 11 is 0. The van der Waals surface area contributed by atoms with Crippen molar-refractivity contribution in [3.63, 3.8) is 0 Å².